The summed E-state index contributed by atoms with van der Waals surface area (Å²) in [7, 11) is 2.52. The summed E-state index contributed by atoms with van der Waals surface area (Å²) in [5, 5.41) is 0. The summed E-state index contributed by atoms with van der Waals surface area (Å²) in [5.41, 5.74) is -1.98. The van der Waals surface area contributed by atoms with Crippen LogP contribution in [0.2, 0.25) is 0 Å². The minimum atomic E-state index is -1.98. The van der Waals surface area contributed by atoms with Crippen LogP contribution in [-0.4, -0.2) is 96.1 Å². The Morgan fingerprint density at radius 1 is 0.821 bits per heavy atom. The Morgan fingerprint density at radius 2 is 1.21 bits per heavy atom. The van der Waals surface area contributed by atoms with Gasteiger partial charge in [0.15, 0.2) is 0 Å². The molecule has 13 heteroatoms. The summed E-state index contributed by atoms with van der Waals surface area (Å²) in [6.45, 7) is 3.81. The smallest absolute Gasteiger partial charge is 0.284 e. The van der Waals surface area contributed by atoms with Crippen LogP contribution in [0.3, 0.4) is 0 Å². The SMILES string of the molecule is CCN([C-]=O)[C-]=O.CCN1C(=O)C2(C(=O)N(C)C2=O)C1=O.CN([C-]=O)[C-]=O.[W]. The molecule has 28 heavy (non-hydrogen) atoms. The molecule has 0 aromatic heterocycles. The van der Waals surface area contributed by atoms with E-state index in [1.54, 1.807) is 13.8 Å². The second-order valence-corrected chi connectivity index (χ2v) is 4.94. The number of hydrogen-bond donors (Lipinski definition) is 0. The van der Waals surface area contributed by atoms with E-state index >= 15 is 0 Å². The molecule has 2 heterocycles. The van der Waals surface area contributed by atoms with E-state index in [0.717, 1.165) is 14.7 Å². The van der Waals surface area contributed by atoms with Gasteiger partial charge in [-0.1, -0.05) is 6.92 Å². The molecule has 0 atom stereocenters. The van der Waals surface area contributed by atoms with Gasteiger partial charge in [0.1, 0.15) is 0 Å². The van der Waals surface area contributed by atoms with E-state index in [4.69, 9.17) is 0 Å². The molecule has 2 aliphatic heterocycles. The maximum Gasteiger partial charge on any atom is 0.284 e. The maximum absolute atomic E-state index is 11.4. The average Bonchev–Trinajstić information content (AvgIpc) is 2.70. The Balaban J connectivity index is 0. The normalized spacial score (nSPS) is 15.4. The molecule has 1 spiro atoms. The molecule has 0 aromatic rings. The summed E-state index contributed by atoms with van der Waals surface area (Å²) in [6, 6.07) is 0. The Labute approximate surface area is 175 Å². The monoisotopic (exact) mass is 564 g/mol. The van der Waals surface area contributed by atoms with Crippen molar-refractivity contribution in [2.24, 2.45) is 5.41 Å². The zero-order chi connectivity index (χ0) is 21.4. The van der Waals surface area contributed by atoms with Crippen molar-refractivity contribution in [3.63, 3.8) is 0 Å². The van der Waals surface area contributed by atoms with Crippen molar-refractivity contribution in [1.29, 1.82) is 0 Å². The standard InChI is InChI=1S/C8H8N2O4.C4H5NO2.C3H3NO2.W/c1-3-10-6(13)8(7(10)14)4(11)9(2)5(8)12;1-2-5(3-6)4-7;1-4(2-5)3-6;/h3H2,1-2H3;2H2,1H3;1H3;/q;2*-2;. The number of nitrogens with zero attached hydrogens (tertiary/aromatic N) is 4. The first-order chi connectivity index (χ1) is 12.6. The number of imide groups is 4. The van der Waals surface area contributed by atoms with Gasteiger partial charge in [-0.15, -0.1) is 0 Å². The summed E-state index contributed by atoms with van der Waals surface area (Å²) in [6.07, 6.45) is 5.27. The van der Waals surface area contributed by atoms with Crippen molar-refractivity contribution in [2.45, 2.75) is 13.8 Å². The summed E-state index contributed by atoms with van der Waals surface area (Å²) < 4.78 is 0. The van der Waals surface area contributed by atoms with Crippen molar-refractivity contribution in [3.05, 3.63) is 0 Å². The molecule has 2 saturated heterocycles. The molecular weight excluding hydrogens is 548 g/mol. The van der Waals surface area contributed by atoms with Crippen molar-refractivity contribution in [2.75, 3.05) is 27.2 Å². The molecule has 2 aliphatic rings. The molecule has 0 aliphatic carbocycles. The Bertz CT molecular complexity index is 618. The van der Waals surface area contributed by atoms with Crippen molar-refractivity contribution in [3.8, 4) is 0 Å². The predicted octanol–water partition coefficient (Wildman–Crippen LogP) is -3.15. The third-order valence-electron chi connectivity index (χ3n) is 3.51. The van der Waals surface area contributed by atoms with Crippen molar-refractivity contribution in [1.82, 2.24) is 19.6 Å². The van der Waals surface area contributed by atoms with E-state index < -0.39 is 29.0 Å². The zero-order valence-corrected chi connectivity index (χ0v) is 18.3. The first-order valence-corrected chi connectivity index (χ1v) is 7.36. The topological polar surface area (TPSA) is 150 Å². The van der Waals surface area contributed by atoms with Gasteiger partial charge in [-0.05, 0) is 20.5 Å². The third kappa shape index (κ3) is 4.74. The Morgan fingerprint density at radius 3 is 1.39 bits per heavy atom. The maximum atomic E-state index is 11.4. The molecule has 2 fully saturated rings. The molecule has 2 rings (SSSR count). The van der Waals surface area contributed by atoms with E-state index in [1.807, 2.05) is 0 Å². The fourth-order valence-corrected chi connectivity index (χ4v) is 1.99. The first kappa shape index (κ1) is 27.5. The molecule has 154 valence electrons. The van der Waals surface area contributed by atoms with Gasteiger partial charge < -0.3 is 29.0 Å². The van der Waals surface area contributed by atoms with Crippen LogP contribution >= 0.6 is 0 Å². The fourth-order valence-electron chi connectivity index (χ4n) is 1.99. The molecule has 12 nitrogen and oxygen atoms in total. The number of β-lactam (4-membered cyclic amide) rings is 4. The number of amides is 8. The predicted molar refractivity (Wildman–Crippen MR) is 85.5 cm³/mol. The van der Waals surface area contributed by atoms with Crippen molar-refractivity contribution < 1.29 is 59.4 Å². The van der Waals surface area contributed by atoms with Gasteiger partial charge in [0.2, 0.25) is 0 Å². The largest absolute Gasteiger partial charge is 0.639 e. The van der Waals surface area contributed by atoms with Crippen LogP contribution in [0.4, 0.5) is 0 Å². The average molecular weight is 564 g/mol. The minimum absolute atomic E-state index is 0. The van der Waals surface area contributed by atoms with E-state index in [1.165, 1.54) is 39.7 Å². The van der Waals surface area contributed by atoms with Gasteiger partial charge in [0, 0.05) is 34.7 Å². The number of rotatable bonds is 6. The third-order valence-corrected chi connectivity index (χ3v) is 3.51. The minimum Gasteiger partial charge on any atom is -0.639 e. The van der Waals surface area contributed by atoms with Gasteiger partial charge in [0.25, 0.3) is 29.0 Å². The molecule has 0 bridgehead atoms. The summed E-state index contributed by atoms with van der Waals surface area (Å²) in [5.74, 6) is -2.78. The quantitative estimate of drug-likeness (QED) is 0.142. The van der Waals surface area contributed by atoms with E-state index in [9.17, 15) is 38.4 Å². The van der Waals surface area contributed by atoms with E-state index in [2.05, 4.69) is 0 Å². The van der Waals surface area contributed by atoms with Gasteiger partial charge in [-0.2, -0.15) is 25.6 Å². The molecule has 0 aromatic carbocycles. The van der Waals surface area contributed by atoms with E-state index in [-0.39, 0.29) is 27.6 Å². The molecular formula is C15H16N4O8W-4. The summed E-state index contributed by atoms with van der Waals surface area (Å²) >= 11 is 0. The molecule has 0 N–H and O–H groups in total. The fraction of sp³-hybridized carbons (Fsp3) is 0.467. The van der Waals surface area contributed by atoms with Crippen LogP contribution in [0.5, 0.6) is 0 Å². The van der Waals surface area contributed by atoms with Gasteiger partial charge in [-0.3, -0.25) is 29.0 Å². The van der Waals surface area contributed by atoms with E-state index in [0.29, 0.717) is 11.4 Å². The van der Waals surface area contributed by atoms with Crippen LogP contribution in [0.25, 0.3) is 0 Å². The Hall–Kier alpha value is -2.75. The number of carbonyl (C=O) groups excluding carboxylic acids is 8. The number of carbonyl (C=O) groups is 4. The molecule has 0 unspecified atom stereocenters. The van der Waals surface area contributed by atoms with Crippen LogP contribution in [0, 0.1) is 5.41 Å². The van der Waals surface area contributed by atoms with Crippen LogP contribution < -0.4 is 0 Å². The van der Waals surface area contributed by atoms with Crippen LogP contribution in [0.1, 0.15) is 13.8 Å². The van der Waals surface area contributed by atoms with Gasteiger partial charge >= 0.3 is 0 Å². The van der Waals surface area contributed by atoms with Gasteiger partial charge in [-0.25, -0.2) is 0 Å². The first-order valence-electron chi connectivity index (χ1n) is 7.36. The van der Waals surface area contributed by atoms with Crippen LogP contribution in [-0.2, 0) is 59.4 Å². The molecule has 0 saturated carbocycles. The number of hydrogen-bond acceptors (Lipinski definition) is 8. The second-order valence-electron chi connectivity index (χ2n) is 4.94. The van der Waals surface area contributed by atoms with Gasteiger partial charge in [0.05, 0.1) is 0 Å². The van der Waals surface area contributed by atoms with Crippen molar-refractivity contribution >= 4 is 49.3 Å². The van der Waals surface area contributed by atoms with Crippen LogP contribution in [0.15, 0.2) is 0 Å². The molecule has 0 radical (unpaired) electrons. The zero-order valence-electron chi connectivity index (χ0n) is 15.4. The number of likely N-dealkylation sites (tertiary alicyclic amines) is 2. The molecule has 8 amide bonds. The summed E-state index contributed by atoms with van der Waals surface area (Å²) in [4.78, 5) is 86.1. The second kappa shape index (κ2) is 11.9. The Kier molecular flexibility index (Phi) is 11.6.